The van der Waals surface area contributed by atoms with Crippen LogP contribution in [0.15, 0.2) is 49.3 Å². The van der Waals surface area contributed by atoms with Gasteiger partial charge in [-0.3, -0.25) is 4.90 Å². The summed E-state index contributed by atoms with van der Waals surface area (Å²) in [4.78, 5) is 23.4. The number of H-pyrrole nitrogens is 1. The van der Waals surface area contributed by atoms with Crippen LogP contribution in [0.1, 0.15) is 42.1 Å². The maximum Gasteiger partial charge on any atom is 0.162 e. The number of nitrogens with one attached hydrogen (secondary N) is 1. The van der Waals surface area contributed by atoms with E-state index in [0.717, 1.165) is 37.3 Å². The zero-order chi connectivity index (χ0) is 19.8. The van der Waals surface area contributed by atoms with E-state index in [1.165, 1.54) is 33.9 Å². The van der Waals surface area contributed by atoms with Crippen molar-refractivity contribution in [2.24, 2.45) is 0 Å². The molecule has 0 unspecified atom stereocenters. The van der Waals surface area contributed by atoms with Crippen LogP contribution < -0.4 is 0 Å². The molecular formula is C23H24N6. The van der Waals surface area contributed by atoms with Gasteiger partial charge in [-0.25, -0.2) is 19.9 Å². The minimum Gasteiger partial charge on any atom is -0.361 e. The molecule has 1 aliphatic heterocycles. The van der Waals surface area contributed by atoms with Crippen molar-refractivity contribution in [3.63, 3.8) is 0 Å². The Morgan fingerprint density at radius 3 is 2.83 bits per heavy atom. The summed E-state index contributed by atoms with van der Waals surface area (Å²) in [7, 11) is 0. The lowest BCUT2D eigenvalue weighted by atomic mass is 10.0. The minimum atomic E-state index is 0.536. The van der Waals surface area contributed by atoms with Crippen LogP contribution in [0.4, 0.5) is 0 Å². The number of benzene rings is 1. The molecule has 0 aliphatic carbocycles. The fraction of sp³-hybridized carbons (Fsp3) is 0.304. The van der Waals surface area contributed by atoms with Crippen molar-refractivity contribution in [2.75, 3.05) is 6.54 Å². The van der Waals surface area contributed by atoms with Crippen LogP contribution in [-0.4, -0.2) is 36.4 Å². The summed E-state index contributed by atoms with van der Waals surface area (Å²) < 4.78 is 0. The normalized spacial score (nSPS) is 14.4. The van der Waals surface area contributed by atoms with Gasteiger partial charge in [-0.1, -0.05) is 26.0 Å². The van der Waals surface area contributed by atoms with Crippen LogP contribution in [0.3, 0.4) is 0 Å². The number of hydrogen-bond acceptors (Lipinski definition) is 5. The summed E-state index contributed by atoms with van der Waals surface area (Å²) >= 11 is 0. The molecule has 0 atom stereocenters. The Kier molecular flexibility index (Phi) is 4.56. The molecule has 0 saturated carbocycles. The minimum absolute atomic E-state index is 0.536. The Morgan fingerprint density at radius 1 is 1.14 bits per heavy atom. The molecule has 1 aromatic carbocycles. The van der Waals surface area contributed by atoms with Gasteiger partial charge in [0.05, 0.1) is 11.3 Å². The zero-order valence-electron chi connectivity index (χ0n) is 16.8. The quantitative estimate of drug-likeness (QED) is 0.574. The summed E-state index contributed by atoms with van der Waals surface area (Å²) in [6, 6.07) is 6.78. The standard InChI is InChI=1S/C23H24N6/c1-15(2)16-3-4-20-19(11-26-21(20)7-16)12-29-6-5-17-10-27-23(28-22(17)13-29)18-8-24-14-25-9-18/h3-4,7-11,14-15,26H,5-6,12-13H2,1-2H3. The summed E-state index contributed by atoms with van der Waals surface area (Å²) in [5.41, 5.74) is 7.12. The smallest absolute Gasteiger partial charge is 0.162 e. The number of rotatable bonds is 4. The number of fused-ring (bicyclic) bond motifs is 2. The second kappa shape index (κ2) is 7.37. The third-order valence-electron chi connectivity index (χ3n) is 5.70. The maximum absolute atomic E-state index is 4.82. The summed E-state index contributed by atoms with van der Waals surface area (Å²) in [5.74, 6) is 1.23. The third-order valence-corrected chi connectivity index (χ3v) is 5.70. The molecule has 0 fully saturated rings. The molecule has 4 aromatic rings. The second-order valence-corrected chi connectivity index (χ2v) is 8.03. The first kappa shape index (κ1) is 17.9. The van der Waals surface area contributed by atoms with Gasteiger partial charge in [-0.2, -0.15) is 0 Å². The van der Waals surface area contributed by atoms with Gasteiger partial charge in [0, 0.05) is 55.3 Å². The van der Waals surface area contributed by atoms with Gasteiger partial charge >= 0.3 is 0 Å². The first-order chi connectivity index (χ1) is 14.2. The molecule has 146 valence electrons. The van der Waals surface area contributed by atoms with E-state index in [-0.39, 0.29) is 0 Å². The Bertz CT molecular complexity index is 1150. The Balaban J connectivity index is 1.38. The second-order valence-electron chi connectivity index (χ2n) is 8.03. The molecule has 0 saturated heterocycles. The van der Waals surface area contributed by atoms with Crippen LogP contribution in [-0.2, 0) is 19.5 Å². The van der Waals surface area contributed by atoms with E-state index in [1.54, 1.807) is 12.4 Å². The van der Waals surface area contributed by atoms with Gasteiger partial charge in [-0.15, -0.1) is 0 Å². The van der Waals surface area contributed by atoms with Gasteiger partial charge in [0.15, 0.2) is 5.82 Å². The van der Waals surface area contributed by atoms with E-state index in [1.807, 2.05) is 6.20 Å². The lowest BCUT2D eigenvalue weighted by molar-refractivity contribution is 0.242. The molecule has 6 heteroatoms. The van der Waals surface area contributed by atoms with Gasteiger partial charge in [-0.05, 0) is 35.1 Å². The highest BCUT2D eigenvalue weighted by Crippen LogP contribution is 2.26. The van der Waals surface area contributed by atoms with Gasteiger partial charge < -0.3 is 4.98 Å². The average Bonchev–Trinajstić information content (AvgIpc) is 3.16. The molecule has 0 amide bonds. The van der Waals surface area contributed by atoms with Gasteiger partial charge in [0.1, 0.15) is 6.33 Å². The van der Waals surface area contributed by atoms with Crippen LogP contribution in [0.5, 0.6) is 0 Å². The molecule has 4 heterocycles. The van der Waals surface area contributed by atoms with Crippen molar-refractivity contribution >= 4 is 10.9 Å². The molecule has 6 nitrogen and oxygen atoms in total. The molecule has 0 spiro atoms. The van der Waals surface area contributed by atoms with Crippen molar-refractivity contribution in [1.29, 1.82) is 0 Å². The highest BCUT2D eigenvalue weighted by atomic mass is 15.1. The summed E-state index contributed by atoms with van der Waals surface area (Å²) in [5, 5.41) is 1.31. The van der Waals surface area contributed by atoms with Crippen LogP contribution in [0, 0.1) is 0 Å². The fourth-order valence-corrected chi connectivity index (χ4v) is 3.98. The first-order valence-corrected chi connectivity index (χ1v) is 10.1. The van der Waals surface area contributed by atoms with Crippen molar-refractivity contribution in [1.82, 2.24) is 29.8 Å². The summed E-state index contributed by atoms with van der Waals surface area (Å²) in [6.45, 7) is 7.21. The van der Waals surface area contributed by atoms with Crippen LogP contribution in [0.25, 0.3) is 22.3 Å². The van der Waals surface area contributed by atoms with Crippen molar-refractivity contribution in [3.05, 3.63) is 71.7 Å². The SMILES string of the molecule is CC(C)c1ccc2c(CN3CCc4cnc(-c5cncnc5)nc4C3)c[nH]c2c1. The molecule has 0 radical (unpaired) electrons. The van der Waals surface area contributed by atoms with E-state index in [9.17, 15) is 0 Å². The molecule has 29 heavy (non-hydrogen) atoms. The van der Waals surface area contributed by atoms with Crippen molar-refractivity contribution in [3.8, 4) is 11.4 Å². The highest BCUT2D eigenvalue weighted by molar-refractivity contribution is 5.83. The number of aromatic amines is 1. The average molecular weight is 384 g/mol. The Morgan fingerprint density at radius 2 is 2.00 bits per heavy atom. The van der Waals surface area contributed by atoms with Crippen LogP contribution >= 0.6 is 0 Å². The molecule has 0 bridgehead atoms. The predicted molar refractivity (Wildman–Crippen MR) is 113 cm³/mol. The van der Waals surface area contributed by atoms with E-state index in [0.29, 0.717) is 11.7 Å². The fourth-order valence-electron chi connectivity index (χ4n) is 3.98. The van der Waals surface area contributed by atoms with Crippen molar-refractivity contribution in [2.45, 2.75) is 39.3 Å². The number of aromatic nitrogens is 5. The summed E-state index contributed by atoms with van der Waals surface area (Å²) in [6.07, 6.45) is 10.1. The predicted octanol–water partition coefficient (Wildman–Crippen LogP) is 4.10. The molecule has 5 rings (SSSR count). The maximum atomic E-state index is 4.82. The zero-order valence-corrected chi connectivity index (χ0v) is 16.8. The monoisotopic (exact) mass is 384 g/mol. The third kappa shape index (κ3) is 3.51. The Labute approximate surface area is 170 Å². The number of hydrogen-bond donors (Lipinski definition) is 1. The lowest BCUT2D eigenvalue weighted by Gasteiger charge is -2.27. The molecule has 3 aromatic heterocycles. The molecule has 1 N–H and O–H groups in total. The first-order valence-electron chi connectivity index (χ1n) is 10.1. The van der Waals surface area contributed by atoms with Gasteiger partial charge in [0.25, 0.3) is 0 Å². The largest absolute Gasteiger partial charge is 0.361 e. The topological polar surface area (TPSA) is 70.6 Å². The number of nitrogens with zero attached hydrogens (tertiary/aromatic N) is 5. The molecule has 1 aliphatic rings. The lowest BCUT2D eigenvalue weighted by Crippen LogP contribution is -2.31. The van der Waals surface area contributed by atoms with E-state index in [2.05, 4.69) is 63.1 Å². The van der Waals surface area contributed by atoms with Gasteiger partial charge in [0.2, 0.25) is 0 Å². The van der Waals surface area contributed by atoms with Crippen LogP contribution in [0.2, 0.25) is 0 Å². The molecular weight excluding hydrogens is 360 g/mol. The van der Waals surface area contributed by atoms with Crippen molar-refractivity contribution < 1.29 is 0 Å². The van der Waals surface area contributed by atoms with E-state index < -0.39 is 0 Å². The van der Waals surface area contributed by atoms with E-state index in [4.69, 9.17) is 4.98 Å². The van der Waals surface area contributed by atoms with E-state index >= 15 is 0 Å². The Hall–Kier alpha value is -3.12. The highest BCUT2D eigenvalue weighted by Gasteiger charge is 2.20.